The zero-order valence-corrected chi connectivity index (χ0v) is 23.6. The molecule has 0 aliphatic carbocycles. The lowest BCUT2D eigenvalue weighted by molar-refractivity contribution is 0.102. The van der Waals surface area contributed by atoms with Gasteiger partial charge in [0.2, 0.25) is 0 Å². The molecule has 0 bridgehead atoms. The van der Waals surface area contributed by atoms with E-state index >= 15 is 0 Å². The Morgan fingerprint density at radius 2 is 1.23 bits per heavy atom. The van der Waals surface area contributed by atoms with Crippen molar-refractivity contribution >= 4 is 43.0 Å². The second-order valence-electron chi connectivity index (χ2n) is 9.18. The van der Waals surface area contributed by atoms with Crippen molar-refractivity contribution in [1.29, 1.82) is 0 Å². The molecule has 2 N–H and O–H groups in total. The molecule has 0 fully saturated rings. The minimum atomic E-state index is -3.82. The number of para-hydroxylation sites is 1. The first-order valence-electron chi connectivity index (χ1n) is 12.0. The molecule has 0 radical (unpaired) electrons. The summed E-state index contributed by atoms with van der Waals surface area (Å²) in [6.45, 7) is 5.54. The van der Waals surface area contributed by atoms with E-state index in [9.17, 15) is 21.6 Å². The van der Waals surface area contributed by atoms with Crippen LogP contribution in [0.3, 0.4) is 0 Å². The lowest BCUT2D eigenvalue weighted by atomic mass is 10.1. The van der Waals surface area contributed by atoms with E-state index in [1.807, 2.05) is 39.0 Å². The molecule has 0 unspecified atom stereocenters. The molecule has 0 atom stereocenters. The summed E-state index contributed by atoms with van der Waals surface area (Å²) in [5.41, 5.74) is 4.24. The van der Waals surface area contributed by atoms with E-state index in [2.05, 4.69) is 10.0 Å². The molecule has 4 aromatic rings. The van der Waals surface area contributed by atoms with Crippen LogP contribution in [0.1, 0.15) is 27.0 Å². The Labute approximate surface area is 229 Å². The summed E-state index contributed by atoms with van der Waals surface area (Å²) >= 11 is 0. The smallest absolute Gasteiger partial charge is 0.264 e. The number of benzene rings is 4. The van der Waals surface area contributed by atoms with Crippen LogP contribution in [0.2, 0.25) is 0 Å². The predicted molar refractivity (Wildman–Crippen MR) is 154 cm³/mol. The molecule has 0 saturated carbocycles. The van der Waals surface area contributed by atoms with Crippen molar-refractivity contribution in [1.82, 2.24) is 0 Å². The highest BCUT2D eigenvalue weighted by Crippen LogP contribution is 2.25. The van der Waals surface area contributed by atoms with E-state index in [-0.39, 0.29) is 9.79 Å². The molecule has 8 nitrogen and oxygen atoms in total. The molecule has 4 aromatic carbocycles. The SMILES string of the molecule is Cc1ccc(S(=O)(=O)N(C)c2ccc(C(=O)Nc3ccc(S(=O)(=O)Nc4c(C)cccc4C)cc3)cc2)cc1. The molecule has 0 saturated heterocycles. The van der Waals surface area contributed by atoms with Crippen LogP contribution in [0, 0.1) is 20.8 Å². The third-order valence-corrected chi connectivity index (χ3v) is 9.48. The van der Waals surface area contributed by atoms with Crippen molar-refractivity contribution in [3.8, 4) is 0 Å². The fourth-order valence-electron chi connectivity index (χ4n) is 3.92. The van der Waals surface area contributed by atoms with Crippen LogP contribution in [0.25, 0.3) is 0 Å². The van der Waals surface area contributed by atoms with Gasteiger partial charge in [-0.15, -0.1) is 0 Å². The van der Waals surface area contributed by atoms with Crippen LogP contribution in [0.15, 0.2) is 101 Å². The highest BCUT2D eigenvalue weighted by molar-refractivity contribution is 7.93. The Morgan fingerprint density at radius 1 is 0.692 bits per heavy atom. The average molecular weight is 564 g/mol. The van der Waals surface area contributed by atoms with E-state index < -0.39 is 26.0 Å². The maximum atomic E-state index is 12.9. The number of carbonyl (C=O) groups is 1. The lowest BCUT2D eigenvalue weighted by Gasteiger charge is -2.20. The van der Waals surface area contributed by atoms with Crippen molar-refractivity contribution in [3.05, 3.63) is 113 Å². The zero-order chi connectivity index (χ0) is 28.4. The van der Waals surface area contributed by atoms with Gasteiger partial charge in [-0.1, -0.05) is 35.9 Å². The maximum Gasteiger partial charge on any atom is 0.264 e. The van der Waals surface area contributed by atoms with E-state index in [4.69, 9.17) is 0 Å². The topological polar surface area (TPSA) is 113 Å². The van der Waals surface area contributed by atoms with Gasteiger partial charge in [-0.2, -0.15) is 0 Å². The summed E-state index contributed by atoms with van der Waals surface area (Å²) in [4.78, 5) is 13.0. The van der Waals surface area contributed by atoms with Crippen molar-refractivity contribution in [2.24, 2.45) is 0 Å². The minimum absolute atomic E-state index is 0.0605. The van der Waals surface area contributed by atoms with E-state index in [1.54, 1.807) is 36.4 Å². The summed E-state index contributed by atoms with van der Waals surface area (Å²) in [7, 11) is -6.12. The number of aryl methyl sites for hydroxylation is 3. The molecule has 4 rings (SSSR count). The Morgan fingerprint density at radius 3 is 1.79 bits per heavy atom. The van der Waals surface area contributed by atoms with Crippen LogP contribution in [-0.4, -0.2) is 29.8 Å². The fraction of sp³-hybridized carbons (Fsp3) is 0.138. The maximum absolute atomic E-state index is 12.9. The van der Waals surface area contributed by atoms with Crippen LogP contribution in [-0.2, 0) is 20.0 Å². The van der Waals surface area contributed by atoms with Crippen LogP contribution in [0.5, 0.6) is 0 Å². The molecule has 39 heavy (non-hydrogen) atoms. The Bertz CT molecular complexity index is 1700. The first-order valence-corrected chi connectivity index (χ1v) is 15.0. The quantitative estimate of drug-likeness (QED) is 0.294. The fourth-order valence-corrected chi connectivity index (χ4v) is 6.32. The first kappa shape index (κ1) is 27.9. The number of sulfonamides is 2. The number of nitrogens with one attached hydrogen (secondary N) is 2. The number of hydrogen-bond acceptors (Lipinski definition) is 5. The summed E-state index contributed by atoms with van der Waals surface area (Å²) in [6.07, 6.45) is 0. The van der Waals surface area contributed by atoms with E-state index in [1.165, 1.54) is 43.4 Å². The number of carbonyl (C=O) groups excluding carboxylic acids is 1. The molecular weight excluding hydrogens is 534 g/mol. The molecule has 0 heterocycles. The third kappa shape index (κ3) is 6.13. The highest BCUT2D eigenvalue weighted by atomic mass is 32.2. The second kappa shape index (κ2) is 10.9. The second-order valence-corrected chi connectivity index (χ2v) is 12.8. The van der Waals surface area contributed by atoms with Gasteiger partial charge < -0.3 is 5.32 Å². The molecule has 0 aliphatic rings. The largest absolute Gasteiger partial charge is 0.322 e. The predicted octanol–water partition coefficient (Wildman–Crippen LogP) is 5.49. The standard InChI is InChI=1S/C29H29N3O5S2/c1-20-8-16-27(17-9-20)39(36,37)32(4)25-14-10-23(11-15-25)29(33)30-24-12-18-26(19-13-24)38(34,35)31-28-21(2)6-5-7-22(28)3/h5-19,31H,1-4H3,(H,30,33). The molecule has 0 spiro atoms. The van der Waals surface area contributed by atoms with Gasteiger partial charge >= 0.3 is 0 Å². The molecule has 1 amide bonds. The minimum Gasteiger partial charge on any atom is -0.322 e. The van der Waals surface area contributed by atoms with Crippen molar-refractivity contribution in [2.75, 3.05) is 21.4 Å². The Hall–Kier alpha value is -4.15. The highest BCUT2D eigenvalue weighted by Gasteiger charge is 2.21. The average Bonchev–Trinajstić information content (AvgIpc) is 2.91. The lowest BCUT2D eigenvalue weighted by Crippen LogP contribution is -2.26. The van der Waals surface area contributed by atoms with Gasteiger partial charge in [0.05, 0.1) is 21.2 Å². The van der Waals surface area contributed by atoms with Crippen LogP contribution in [0.4, 0.5) is 17.1 Å². The van der Waals surface area contributed by atoms with Crippen molar-refractivity contribution in [3.63, 3.8) is 0 Å². The van der Waals surface area contributed by atoms with Gasteiger partial charge in [0.15, 0.2) is 0 Å². The Kier molecular flexibility index (Phi) is 7.80. The normalized spacial score (nSPS) is 11.6. The number of hydrogen-bond donors (Lipinski definition) is 2. The van der Waals surface area contributed by atoms with Crippen LogP contribution < -0.4 is 14.3 Å². The van der Waals surface area contributed by atoms with Gasteiger partial charge in [0.25, 0.3) is 26.0 Å². The third-order valence-electron chi connectivity index (χ3n) is 6.31. The first-order chi connectivity index (χ1) is 18.4. The summed E-state index contributed by atoms with van der Waals surface area (Å²) < 4.78 is 55.4. The summed E-state index contributed by atoms with van der Waals surface area (Å²) in [5.74, 6) is -0.421. The van der Waals surface area contributed by atoms with Gasteiger partial charge in [-0.25, -0.2) is 16.8 Å². The molecular formula is C29H29N3O5S2. The number of anilines is 3. The zero-order valence-electron chi connectivity index (χ0n) is 22.0. The van der Waals surface area contributed by atoms with Gasteiger partial charge in [-0.05, 0) is 92.6 Å². The number of amides is 1. The van der Waals surface area contributed by atoms with Crippen LogP contribution >= 0.6 is 0 Å². The van der Waals surface area contributed by atoms with Crippen molar-refractivity contribution < 1.29 is 21.6 Å². The summed E-state index contributed by atoms with van der Waals surface area (Å²) in [5, 5.41) is 2.73. The molecule has 0 aromatic heterocycles. The van der Waals surface area contributed by atoms with Gasteiger partial charge in [0.1, 0.15) is 0 Å². The Balaban J connectivity index is 1.44. The van der Waals surface area contributed by atoms with E-state index in [0.717, 1.165) is 21.0 Å². The van der Waals surface area contributed by atoms with Gasteiger partial charge in [-0.3, -0.25) is 13.8 Å². The van der Waals surface area contributed by atoms with Crippen molar-refractivity contribution in [2.45, 2.75) is 30.6 Å². The van der Waals surface area contributed by atoms with E-state index in [0.29, 0.717) is 22.6 Å². The monoisotopic (exact) mass is 563 g/mol. The van der Waals surface area contributed by atoms with Gasteiger partial charge in [0, 0.05) is 18.3 Å². The number of rotatable bonds is 8. The molecule has 0 aliphatic heterocycles. The molecule has 10 heteroatoms. The molecule has 202 valence electrons. The summed E-state index contributed by atoms with van der Waals surface area (Å²) in [6, 6.07) is 24.1. The number of nitrogens with zero attached hydrogens (tertiary/aromatic N) is 1.